The Balaban J connectivity index is 0. The van der Waals surface area contributed by atoms with E-state index in [9.17, 15) is 29.4 Å². The van der Waals surface area contributed by atoms with Gasteiger partial charge in [0.05, 0.1) is 21.0 Å². The number of aliphatic hydroxyl groups excluding tert-OH is 2. The molecule has 200 valence electrons. The first-order chi connectivity index (χ1) is 16.2. The number of ether oxygens (including phenoxy) is 2. The van der Waals surface area contributed by atoms with E-state index in [2.05, 4.69) is 18.4 Å². The van der Waals surface area contributed by atoms with Gasteiger partial charge in [-0.05, 0) is 12.3 Å². The largest absolute Gasteiger partial charge is 1.00 e. The SMILES string of the molecule is CC(C)CCCCCCCCCCCCCCCOC1=C(O)C(=O)O[C@@H]1[C@H](CO)OP(=O)([O-])[O-].[Na+].[Na+]. The van der Waals surface area contributed by atoms with Gasteiger partial charge in [0.25, 0.3) is 0 Å². The Morgan fingerprint density at radius 3 is 1.75 bits per heavy atom. The zero-order chi connectivity index (χ0) is 25.4. The third-order valence-corrected chi connectivity index (χ3v) is 6.41. The molecule has 0 unspecified atom stereocenters. The minimum atomic E-state index is -5.43. The first-order valence-electron chi connectivity index (χ1n) is 12.7. The number of hydrogen-bond acceptors (Lipinski definition) is 9. The Hall–Kier alpha value is 0.880. The summed E-state index contributed by atoms with van der Waals surface area (Å²) in [6.45, 7) is 3.82. The summed E-state index contributed by atoms with van der Waals surface area (Å²) < 4.78 is 25.3. The predicted molar refractivity (Wildman–Crippen MR) is 125 cm³/mol. The van der Waals surface area contributed by atoms with Gasteiger partial charge in [-0.25, -0.2) is 4.79 Å². The van der Waals surface area contributed by atoms with Gasteiger partial charge in [0.1, 0.15) is 6.10 Å². The van der Waals surface area contributed by atoms with E-state index < -0.39 is 38.4 Å². The minimum absolute atomic E-state index is 0. The molecule has 0 aromatic heterocycles. The summed E-state index contributed by atoms with van der Waals surface area (Å²) in [6, 6.07) is 0. The second kappa shape index (κ2) is 22.7. The topological polar surface area (TPSA) is 148 Å². The molecule has 9 nitrogen and oxygen atoms in total. The molecule has 0 aromatic carbocycles. The third kappa shape index (κ3) is 18.2. The van der Waals surface area contributed by atoms with Crippen molar-refractivity contribution in [2.75, 3.05) is 13.2 Å². The number of phosphoric ester groups is 1. The molecule has 36 heavy (non-hydrogen) atoms. The predicted octanol–water partition coefficient (Wildman–Crippen LogP) is -1.97. The summed E-state index contributed by atoms with van der Waals surface area (Å²) in [6.07, 6.45) is 13.7. The van der Waals surface area contributed by atoms with E-state index in [-0.39, 0.29) is 71.5 Å². The Morgan fingerprint density at radius 2 is 1.33 bits per heavy atom. The summed E-state index contributed by atoms with van der Waals surface area (Å²) in [5.74, 6) is -1.44. The van der Waals surface area contributed by atoms with E-state index in [1.54, 1.807) is 0 Å². The standard InChI is InChI=1S/C24H45O9P.2Na/c1-19(2)16-14-12-10-8-6-4-3-5-7-9-11-13-15-17-31-23-21(26)24(27)32-22(23)20(18-25)33-34(28,29)30;;/h19-20,22,25-26H,3-18H2,1-2H3,(H2,28,29,30);;/q;2*+1/p-2/t20-,22+;;/m0../s1. The molecule has 0 amide bonds. The van der Waals surface area contributed by atoms with Crippen molar-refractivity contribution < 1.29 is 102 Å². The van der Waals surface area contributed by atoms with Crippen LogP contribution in [0.25, 0.3) is 0 Å². The first-order valence-corrected chi connectivity index (χ1v) is 14.2. The van der Waals surface area contributed by atoms with Crippen molar-refractivity contribution in [3.8, 4) is 0 Å². The number of rotatable bonds is 21. The van der Waals surface area contributed by atoms with Crippen molar-refractivity contribution in [3.05, 3.63) is 11.5 Å². The Morgan fingerprint density at radius 1 is 0.889 bits per heavy atom. The number of unbranched alkanes of at least 4 members (excludes halogenated alkanes) is 12. The fraction of sp³-hybridized carbons (Fsp3) is 0.875. The van der Waals surface area contributed by atoms with E-state index in [4.69, 9.17) is 9.47 Å². The van der Waals surface area contributed by atoms with Crippen LogP contribution in [0.1, 0.15) is 104 Å². The average molecular weight is 553 g/mol. The number of phosphoric acid groups is 1. The van der Waals surface area contributed by atoms with Crippen molar-refractivity contribution in [3.63, 3.8) is 0 Å². The van der Waals surface area contributed by atoms with Gasteiger partial charge in [-0.3, -0.25) is 0 Å². The van der Waals surface area contributed by atoms with Crippen LogP contribution >= 0.6 is 7.82 Å². The van der Waals surface area contributed by atoms with E-state index in [1.165, 1.54) is 64.2 Å². The van der Waals surface area contributed by atoms with Gasteiger partial charge < -0.3 is 38.6 Å². The van der Waals surface area contributed by atoms with E-state index in [0.29, 0.717) is 6.42 Å². The molecule has 1 aliphatic rings. The molecule has 0 saturated heterocycles. The Kier molecular flexibility index (Phi) is 24.6. The van der Waals surface area contributed by atoms with Crippen LogP contribution in [0.2, 0.25) is 0 Å². The molecule has 2 atom stereocenters. The summed E-state index contributed by atoms with van der Waals surface area (Å²) in [5.41, 5.74) is 0. The summed E-state index contributed by atoms with van der Waals surface area (Å²) >= 11 is 0. The number of carbonyl (C=O) groups is 1. The molecule has 1 rings (SSSR count). The monoisotopic (exact) mass is 552 g/mol. The van der Waals surface area contributed by atoms with Crippen molar-refractivity contribution in [2.24, 2.45) is 5.92 Å². The molecular formula is C24H43Na2O9P. The van der Waals surface area contributed by atoms with E-state index >= 15 is 0 Å². The number of aliphatic hydroxyl groups is 2. The normalized spacial score (nSPS) is 16.5. The van der Waals surface area contributed by atoms with Crippen LogP contribution in [0.3, 0.4) is 0 Å². The quantitative estimate of drug-likeness (QED) is 0.0716. The Labute approximate surface area is 260 Å². The molecule has 0 aromatic rings. The van der Waals surface area contributed by atoms with Crippen molar-refractivity contribution >= 4 is 13.8 Å². The zero-order valence-electron chi connectivity index (χ0n) is 22.7. The van der Waals surface area contributed by atoms with Gasteiger partial charge in [-0.2, -0.15) is 0 Å². The van der Waals surface area contributed by atoms with Gasteiger partial charge in [0.2, 0.25) is 5.76 Å². The van der Waals surface area contributed by atoms with Crippen molar-refractivity contribution in [1.29, 1.82) is 0 Å². The van der Waals surface area contributed by atoms with Crippen LogP contribution in [0, 0.1) is 5.92 Å². The average Bonchev–Trinajstić information content (AvgIpc) is 3.04. The van der Waals surface area contributed by atoms with E-state index in [1.807, 2.05) is 0 Å². The number of carbonyl (C=O) groups excluding carboxylic acids is 1. The molecular weight excluding hydrogens is 509 g/mol. The summed E-state index contributed by atoms with van der Waals surface area (Å²) in [4.78, 5) is 33.3. The first kappa shape index (κ1) is 39.0. The molecule has 0 bridgehead atoms. The number of hydrogen-bond donors (Lipinski definition) is 2. The molecule has 1 aliphatic heterocycles. The number of cyclic esters (lactones) is 1. The van der Waals surface area contributed by atoms with Crippen LogP contribution in [-0.2, 0) is 23.4 Å². The maximum atomic E-state index is 11.6. The Bertz CT molecular complexity index is 655. The molecule has 2 N–H and O–H groups in total. The fourth-order valence-corrected chi connectivity index (χ4v) is 4.50. The molecule has 0 aliphatic carbocycles. The molecule has 0 saturated carbocycles. The molecule has 1 heterocycles. The molecule has 0 radical (unpaired) electrons. The van der Waals surface area contributed by atoms with Gasteiger partial charge in [-0.1, -0.05) is 97.3 Å². The maximum Gasteiger partial charge on any atom is 1.00 e. The van der Waals surface area contributed by atoms with Gasteiger partial charge in [-0.15, -0.1) is 0 Å². The number of esters is 1. The fourth-order valence-electron chi connectivity index (χ4n) is 3.99. The third-order valence-electron chi connectivity index (χ3n) is 5.88. The molecule has 0 fully saturated rings. The van der Waals surface area contributed by atoms with Crippen LogP contribution in [0.5, 0.6) is 0 Å². The van der Waals surface area contributed by atoms with Crippen LogP contribution < -0.4 is 68.9 Å². The molecule has 12 heteroatoms. The second-order valence-electron chi connectivity index (χ2n) is 9.44. The van der Waals surface area contributed by atoms with Crippen molar-refractivity contribution in [2.45, 2.75) is 116 Å². The summed E-state index contributed by atoms with van der Waals surface area (Å²) in [7, 11) is -5.43. The van der Waals surface area contributed by atoms with Crippen LogP contribution in [0.4, 0.5) is 0 Å². The summed E-state index contributed by atoms with van der Waals surface area (Å²) in [5, 5.41) is 19.1. The van der Waals surface area contributed by atoms with Gasteiger partial charge in [0.15, 0.2) is 11.9 Å². The van der Waals surface area contributed by atoms with Crippen molar-refractivity contribution in [1.82, 2.24) is 0 Å². The van der Waals surface area contributed by atoms with Crippen LogP contribution in [-0.4, -0.2) is 41.6 Å². The van der Waals surface area contributed by atoms with Gasteiger partial charge in [0, 0.05) is 0 Å². The maximum absolute atomic E-state index is 11.6. The van der Waals surface area contributed by atoms with Gasteiger partial charge >= 0.3 is 65.1 Å². The smallest absolute Gasteiger partial charge is 0.790 e. The second-order valence-corrected chi connectivity index (χ2v) is 10.5. The zero-order valence-corrected chi connectivity index (χ0v) is 27.6. The molecule has 0 spiro atoms. The van der Waals surface area contributed by atoms with Crippen LogP contribution in [0.15, 0.2) is 11.5 Å². The minimum Gasteiger partial charge on any atom is -0.790 e. The van der Waals surface area contributed by atoms with E-state index in [0.717, 1.165) is 25.2 Å².